The van der Waals surface area contributed by atoms with Gasteiger partial charge in [-0.25, -0.2) is 4.98 Å². The predicted molar refractivity (Wildman–Crippen MR) is 107 cm³/mol. The predicted octanol–water partition coefficient (Wildman–Crippen LogP) is 3.53. The van der Waals surface area contributed by atoms with Crippen LogP contribution < -0.4 is 10.6 Å². The summed E-state index contributed by atoms with van der Waals surface area (Å²) in [5.74, 6) is -2.37. The summed E-state index contributed by atoms with van der Waals surface area (Å²) >= 11 is 0. The number of nitrogens with zero attached hydrogens (tertiary/aromatic N) is 2. The quantitative estimate of drug-likeness (QED) is 0.748. The summed E-state index contributed by atoms with van der Waals surface area (Å²) in [5.41, 5.74) is -1.31. The molecule has 1 aliphatic carbocycles. The number of amides is 2. The number of aromatic nitrogens is 2. The molecule has 1 aromatic heterocycles. The van der Waals surface area contributed by atoms with Crippen molar-refractivity contribution >= 4 is 28.8 Å². The lowest BCUT2D eigenvalue weighted by Gasteiger charge is -2.33. The monoisotopic (exact) mass is 438 g/mol. The molecule has 2 amide bonds. The number of aryl methyl sites for hydroxylation is 2. The first-order valence-electron chi connectivity index (χ1n) is 10.4. The number of alkyl halides is 3. The van der Waals surface area contributed by atoms with Gasteiger partial charge in [-0.1, -0.05) is 12.8 Å². The van der Waals surface area contributed by atoms with Gasteiger partial charge in [0.25, 0.3) is 17.5 Å². The van der Waals surface area contributed by atoms with Crippen LogP contribution in [0.3, 0.4) is 0 Å². The second-order valence-electron chi connectivity index (χ2n) is 8.47. The van der Waals surface area contributed by atoms with Gasteiger partial charge in [0, 0.05) is 0 Å². The van der Waals surface area contributed by atoms with E-state index in [1.165, 1.54) is 13.0 Å². The summed E-state index contributed by atoms with van der Waals surface area (Å²) < 4.78 is 49.5. The Hall–Kier alpha value is -2.62. The molecule has 2 atom stereocenters. The SMILES string of the molecule is Cc1cc2nc3n(c2cc1C)C(NC(=O)C(C)OCC1CCCC1)(C(F)(F)F)C(=O)N3. The van der Waals surface area contributed by atoms with Gasteiger partial charge in [0.1, 0.15) is 6.10 Å². The average Bonchev–Trinajstić information content (AvgIpc) is 3.37. The van der Waals surface area contributed by atoms with Gasteiger partial charge in [-0.15, -0.1) is 0 Å². The third kappa shape index (κ3) is 3.46. The Labute approximate surface area is 177 Å². The van der Waals surface area contributed by atoms with Crippen LogP contribution in [0.2, 0.25) is 0 Å². The summed E-state index contributed by atoms with van der Waals surface area (Å²) in [4.78, 5) is 29.5. The van der Waals surface area contributed by atoms with E-state index in [0.717, 1.165) is 41.4 Å². The van der Waals surface area contributed by atoms with Crippen LogP contribution in [0.15, 0.2) is 12.1 Å². The molecule has 0 spiro atoms. The highest BCUT2D eigenvalue weighted by Crippen LogP contribution is 2.44. The highest BCUT2D eigenvalue weighted by Gasteiger charge is 2.68. The maximum atomic E-state index is 14.4. The van der Waals surface area contributed by atoms with Crippen LogP contribution in [-0.4, -0.2) is 40.3 Å². The largest absolute Gasteiger partial charge is 0.440 e. The number of hydrogen-bond donors (Lipinski definition) is 2. The van der Waals surface area contributed by atoms with Crippen molar-refractivity contribution in [3.05, 3.63) is 23.3 Å². The fraction of sp³-hybridized carbons (Fsp3) is 0.571. The van der Waals surface area contributed by atoms with Crippen molar-refractivity contribution in [3.63, 3.8) is 0 Å². The van der Waals surface area contributed by atoms with E-state index in [2.05, 4.69) is 10.3 Å². The number of imidazole rings is 1. The third-order valence-electron chi connectivity index (χ3n) is 6.30. The van der Waals surface area contributed by atoms with E-state index in [1.54, 1.807) is 13.0 Å². The topological polar surface area (TPSA) is 85.2 Å². The van der Waals surface area contributed by atoms with E-state index in [9.17, 15) is 22.8 Å². The van der Waals surface area contributed by atoms with Crippen LogP contribution in [-0.2, 0) is 20.0 Å². The number of halogens is 3. The van der Waals surface area contributed by atoms with Gasteiger partial charge in [0.15, 0.2) is 0 Å². The lowest BCUT2D eigenvalue weighted by atomic mass is 10.1. The fourth-order valence-corrected chi connectivity index (χ4v) is 4.30. The van der Waals surface area contributed by atoms with Crippen molar-refractivity contribution in [3.8, 4) is 0 Å². The van der Waals surface area contributed by atoms with Crippen LogP contribution in [0.5, 0.6) is 0 Å². The van der Waals surface area contributed by atoms with Crippen LogP contribution in [0.1, 0.15) is 43.7 Å². The summed E-state index contributed by atoms with van der Waals surface area (Å²) in [6.45, 7) is 5.27. The van der Waals surface area contributed by atoms with Gasteiger partial charge < -0.3 is 10.1 Å². The minimum atomic E-state index is -5.12. The summed E-state index contributed by atoms with van der Waals surface area (Å²) in [7, 11) is 0. The van der Waals surface area contributed by atoms with Gasteiger partial charge in [-0.05, 0) is 62.8 Å². The van der Waals surface area contributed by atoms with E-state index < -0.39 is 29.8 Å². The number of fused-ring (bicyclic) bond motifs is 3. The Bertz CT molecular complexity index is 1040. The van der Waals surface area contributed by atoms with Crippen molar-refractivity contribution in [2.45, 2.75) is 64.4 Å². The molecule has 0 radical (unpaired) electrons. The van der Waals surface area contributed by atoms with Crippen molar-refractivity contribution in [1.29, 1.82) is 0 Å². The number of carbonyl (C=O) groups is 2. The lowest BCUT2D eigenvalue weighted by Crippen LogP contribution is -2.64. The molecule has 1 aliphatic heterocycles. The Morgan fingerprint density at radius 1 is 1.32 bits per heavy atom. The molecule has 1 fully saturated rings. The molecule has 4 rings (SSSR count). The first kappa shape index (κ1) is 21.6. The van der Waals surface area contributed by atoms with Gasteiger partial charge in [-0.2, -0.15) is 13.2 Å². The molecule has 2 heterocycles. The smallest absolute Gasteiger partial charge is 0.368 e. The third-order valence-corrected chi connectivity index (χ3v) is 6.30. The molecule has 0 saturated heterocycles. The second kappa shape index (κ2) is 7.51. The number of hydrogen-bond acceptors (Lipinski definition) is 4. The molecule has 1 aromatic carbocycles. The van der Waals surface area contributed by atoms with E-state index in [1.807, 2.05) is 12.2 Å². The first-order chi connectivity index (χ1) is 14.5. The zero-order chi connectivity index (χ0) is 22.6. The Kier molecular flexibility index (Phi) is 5.23. The molecule has 31 heavy (non-hydrogen) atoms. The molecule has 2 N–H and O–H groups in total. The van der Waals surface area contributed by atoms with E-state index in [-0.39, 0.29) is 11.5 Å². The molecular formula is C21H25F3N4O3. The molecule has 2 unspecified atom stereocenters. The molecule has 168 valence electrons. The molecule has 0 bridgehead atoms. The minimum Gasteiger partial charge on any atom is -0.368 e. The Morgan fingerprint density at radius 2 is 1.97 bits per heavy atom. The van der Waals surface area contributed by atoms with Gasteiger partial charge >= 0.3 is 6.18 Å². The maximum absolute atomic E-state index is 14.4. The second-order valence-corrected chi connectivity index (χ2v) is 8.47. The zero-order valence-electron chi connectivity index (χ0n) is 17.6. The number of ether oxygens (including phenoxy) is 1. The molecule has 7 nitrogen and oxygen atoms in total. The summed E-state index contributed by atoms with van der Waals surface area (Å²) in [6.07, 6.45) is -2.13. The van der Waals surface area contributed by atoms with E-state index >= 15 is 0 Å². The Balaban J connectivity index is 1.70. The minimum absolute atomic E-state index is 0.105. The van der Waals surface area contributed by atoms with E-state index in [0.29, 0.717) is 18.0 Å². The van der Waals surface area contributed by atoms with Crippen molar-refractivity contribution in [2.24, 2.45) is 5.92 Å². The average molecular weight is 438 g/mol. The fourth-order valence-electron chi connectivity index (χ4n) is 4.30. The highest BCUT2D eigenvalue weighted by molar-refractivity contribution is 6.05. The number of nitrogens with one attached hydrogen (secondary N) is 2. The number of rotatable bonds is 5. The number of carbonyl (C=O) groups excluding carboxylic acids is 2. The molecule has 1 saturated carbocycles. The number of benzene rings is 1. The highest BCUT2D eigenvalue weighted by atomic mass is 19.4. The first-order valence-corrected chi connectivity index (χ1v) is 10.4. The van der Waals surface area contributed by atoms with Gasteiger partial charge in [0.2, 0.25) is 5.95 Å². The number of anilines is 1. The van der Waals surface area contributed by atoms with Crippen molar-refractivity contribution in [1.82, 2.24) is 14.9 Å². The standard InChI is InChI=1S/C21H25F3N4O3/c1-11-8-15-16(9-12(11)2)28-19(25-15)26-18(30)20(28,21(22,23)24)27-17(29)13(3)31-10-14-6-4-5-7-14/h8-9,13-14H,4-7,10H2,1-3H3,(H,27,29)(H,25,26,30). The molecule has 2 aliphatic rings. The van der Waals surface area contributed by atoms with Crippen LogP contribution >= 0.6 is 0 Å². The van der Waals surface area contributed by atoms with Crippen LogP contribution in [0.4, 0.5) is 19.1 Å². The van der Waals surface area contributed by atoms with E-state index in [4.69, 9.17) is 4.74 Å². The molecule has 10 heteroatoms. The summed E-state index contributed by atoms with van der Waals surface area (Å²) in [6, 6.07) is 3.19. The Morgan fingerprint density at radius 3 is 2.61 bits per heavy atom. The molecular weight excluding hydrogens is 413 g/mol. The van der Waals surface area contributed by atoms with Crippen molar-refractivity contribution < 1.29 is 27.5 Å². The van der Waals surface area contributed by atoms with Crippen LogP contribution in [0, 0.1) is 19.8 Å². The molecule has 2 aromatic rings. The van der Waals surface area contributed by atoms with Gasteiger partial charge in [0.05, 0.1) is 17.6 Å². The maximum Gasteiger partial charge on any atom is 0.440 e. The van der Waals surface area contributed by atoms with Gasteiger partial charge in [-0.3, -0.25) is 19.5 Å². The lowest BCUT2D eigenvalue weighted by molar-refractivity contribution is -0.218. The van der Waals surface area contributed by atoms with Crippen molar-refractivity contribution in [2.75, 3.05) is 11.9 Å². The summed E-state index contributed by atoms with van der Waals surface area (Å²) in [5, 5.41) is 4.13. The normalized spacial score (nSPS) is 22.6. The zero-order valence-corrected chi connectivity index (χ0v) is 17.6. The van der Waals surface area contributed by atoms with Crippen LogP contribution in [0.25, 0.3) is 11.0 Å².